The van der Waals surface area contributed by atoms with Crippen molar-refractivity contribution in [1.82, 2.24) is 0 Å². The van der Waals surface area contributed by atoms with Gasteiger partial charge in [0, 0.05) is 44.6 Å². The fourth-order valence-electron chi connectivity index (χ4n) is 11.6. The molecule has 0 saturated carbocycles. The number of nitrogens with zero attached hydrogens (tertiary/aromatic N) is 2. The minimum absolute atomic E-state index is 0.713. The number of rotatable bonds is 6. The summed E-state index contributed by atoms with van der Waals surface area (Å²) in [6.45, 7) is 0. The third kappa shape index (κ3) is 4.97. The molecule has 1 spiro atoms. The van der Waals surface area contributed by atoms with Gasteiger partial charge < -0.3 is 18.6 Å². The van der Waals surface area contributed by atoms with Gasteiger partial charge >= 0.3 is 0 Å². The molecule has 4 nitrogen and oxygen atoms in total. The molecule has 3 aliphatic carbocycles. The molecular weight excluding hydrogens is 793 g/mol. The van der Waals surface area contributed by atoms with Crippen molar-refractivity contribution in [2.45, 2.75) is 18.3 Å². The number of benzene rings is 9. The normalized spacial score (nSPS) is 14.3. The van der Waals surface area contributed by atoms with Crippen LogP contribution in [0.2, 0.25) is 0 Å². The molecule has 2 aromatic heterocycles. The maximum atomic E-state index is 7.37. The average molecular weight is 833 g/mol. The summed E-state index contributed by atoms with van der Waals surface area (Å²) < 4.78 is 14.7. The van der Waals surface area contributed by atoms with Crippen LogP contribution >= 0.6 is 0 Å². The van der Waals surface area contributed by atoms with E-state index in [0.717, 1.165) is 102 Å². The maximum Gasteiger partial charge on any atom is 0.145 e. The van der Waals surface area contributed by atoms with Crippen LogP contribution in [0.1, 0.15) is 35.1 Å². The highest BCUT2D eigenvalue weighted by atomic mass is 16.3. The number of fused-ring (bicyclic) bond motifs is 17. The van der Waals surface area contributed by atoms with E-state index < -0.39 is 5.41 Å². The van der Waals surface area contributed by atoms with E-state index in [9.17, 15) is 0 Å². The van der Waals surface area contributed by atoms with Crippen LogP contribution in [0.5, 0.6) is 0 Å². The third-order valence-corrected chi connectivity index (χ3v) is 14.1. The molecule has 65 heavy (non-hydrogen) atoms. The highest BCUT2D eigenvalue weighted by molar-refractivity contribution is 6.25. The molecule has 306 valence electrons. The predicted octanol–water partition coefficient (Wildman–Crippen LogP) is 16.9. The van der Waals surface area contributed by atoms with Gasteiger partial charge in [0.05, 0.1) is 27.6 Å². The van der Waals surface area contributed by atoms with E-state index in [1.807, 2.05) is 0 Å². The van der Waals surface area contributed by atoms with Crippen LogP contribution in [0.15, 0.2) is 233 Å². The van der Waals surface area contributed by atoms with Crippen LogP contribution in [-0.2, 0) is 5.41 Å². The molecule has 0 aliphatic heterocycles. The summed E-state index contributed by atoms with van der Waals surface area (Å²) in [7, 11) is 0. The molecule has 4 heteroatoms. The molecule has 0 bridgehead atoms. The van der Waals surface area contributed by atoms with E-state index in [0.29, 0.717) is 0 Å². The van der Waals surface area contributed by atoms with Gasteiger partial charge in [-0.1, -0.05) is 146 Å². The number of furan rings is 2. The van der Waals surface area contributed by atoms with Crippen LogP contribution in [0.4, 0.5) is 34.1 Å². The molecule has 0 fully saturated rings. The van der Waals surface area contributed by atoms with Gasteiger partial charge in [0.2, 0.25) is 0 Å². The Labute approximate surface area is 376 Å². The fraction of sp³-hybridized carbons (Fsp3) is 0.0492. The number of hydrogen-bond donors (Lipinski definition) is 0. The van der Waals surface area contributed by atoms with Gasteiger partial charge in [-0.15, -0.1) is 0 Å². The van der Waals surface area contributed by atoms with Crippen molar-refractivity contribution in [1.29, 1.82) is 0 Å². The lowest BCUT2D eigenvalue weighted by Gasteiger charge is -2.34. The zero-order chi connectivity index (χ0) is 42.6. The highest BCUT2D eigenvalue weighted by Gasteiger charge is 2.55. The first kappa shape index (κ1) is 36.2. The second-order valence-corrected chi connectivity index (χ2v) is 17.4. The topological polar surface area (TPSA) is 32.8 Å². The van der Waals surface area contributed by atoms with Crippen LogP contribution in [0, 0.1) is 0 Å². The van der Waals surface area contributed by atoms with Gasteiger partial charge in [0.25, 0.3) is 0 Å². The van der Waals surface area contributed by atoms with Crippen molar-refractivity contribution in [2.24, 2.45) is 0 Å². The smallest absolute Gasteiger partial charge is 0.145 e. The van der Waals surface area contributed by atoms with Crippen LogP contribution in [-0.4, -0.2) is 0 Å². The number of anilines is 6. The van der Waals surface area contributed by atoms with E-state index >= 15 is 0 Å². The van der Waals surface area contributed by atoms with Crippen molar-refractivity contribution in [3.8, 4) is 11.1 Å². The molecule has 0 N–H and O–H groups in total. The monoisotopic (exact) mass is 832 g/mol. The Kier molecular flexibility index (Phi) is 7.70. The minimum atomic E-state index is -0.713. The number of hydrogen-bond acceptors (Lipinski definition) is 4. The molecule has 0 amide bonds. The summed E-state index contributed by atoms with van der Waals surface area (Å²) in [6.07, 6.45) is 6.78. The van der Waals surface area contributed by atoms with Gasteiger partial charge in [-0.3, -0.25) is 0 Å². The van der Waals surface area contributed by atoms with Crippen molar-refractivity contribution in [3.05, 3.63) is 246 Å². The molecule has 9 aromatic carbocycles. The summed E-state index contributed by atoms with van der Waals surface area (Å²) in [5.74, 6) is 0. The Bertz CT molecular complexity index is 3480. The van der Waals surface area contributed by atoms with Crippen molar-refractivity contribution < 1.29 is 8.83 Å². The second kappa shape index (κ2) is 13.8. The molecule has 0 unspecified atom stereocenters. The molecule has 0 atom stereocenters. The average Bonchev–Trinajstić information content (AvgIpc) is 4.11. The van der Waals surface area contributed by atoms with Crippen molar-refractivity contribution >= 4 is 83.6 Å². The van der Waals surface area contributed by atoms with E-state index in [-0.39, 0.29) is 0 Å². The lowest BCUT2D eigenvalue weighted by Crippen LogP contribution is -2.28. The molecule has 14 rings (SSSR count). The van der Waals surface area contributed by atoms with Crippen molar-refractivity contribution in [3.63, 3.8) is 0 Å². The van der Waals surface area contributed by atoms with Gasteiger partial charge in [-0.25, -0.2) is 0 Å². The lowest BCUT2D eigenvalue weighted by atomic mass is 9.68. The quantitative estimate of drug-likeness (QED) is 0.167. The largest absolute Gasteiger partial charge is 0.455 e. The Morgan fingerprint density at radius 2 is 0.831 bits per heavy atom. The number of allylic oxidation sites excluding steroid dienone is 4. The highest BCUT2D eigenvalue weighted by Crippen LogP contribution is 2.68. The van der Waals surface area contributed by atoms with Gasteiger partial charge in [-0.2, -0.15) is 0 Å². The summed E-state index contributed by atoms with van der Waals surface area (Å²) in [6, 6.07) is 74.3. The Balaban J connectivity index is 1.22. The fourth-order valence-corrected chi connectivity index (χ4v) is 11.6. The van der Waals surface area contributed by atoms with E-state index in [1.165, 1.54) is 33.4 Å². The minimum Gasteiger partial charge on any atom is -0.455 e. The summed E-state index contributed by atoms with van der Waals surface area (Å²) in [5.41, 5.74) is 19.0. The standard InChI is InChI=1S/C61H40N2O2/c1-5-21-39(22-6-1)62(40-23-7-2-8-24-40)51-37-49-57(59-55(51)45-31-15-19-35-53(45)64-59)58-50(61(49)47-33-17-13-29-43(47)44-30-14-18-34-48(44)61)38-52(56-46-32-16-20-36-54(46)65-60(56)58)63(41-25-9-3-10-26-41)42-27-11-4-12-28-42/h1-13,15-29,31-38H,14,30H2. The molecule has 2 heterocycles. The first-order chi connectivity index (χ1) is 32.3. The lowest BCUT2D eigenvalue weighted by molar-refractivity contribution is 0.665. The van der Waals surface area contributed by atoms with Crippen LogP contribution in [0.25, 0.3) is 60.6 Å². The summed E-state index contributed by atoms with van der Waals surface area (Å²) in [5, 5.41) is 4.28. The maximum absolute atomic E-state index is 7.37. The van der Waals surface area contributed by atoms with Crippen LogP contribution < -0.4 is 9.80 Å². The SMILES string of the molecule is C1=CC2=C(CC1)c1ccccc1C21c2cc(N(c3ccccc3)c3ccccc3)c3c(oc4ccccc43)c2-c2c1cc(N(c1ccccc1)c1ccccc1)c1c2oc2ccccc21. The second-order valence-electron chi connectivity index (χ2n) is 17.4. The van der Waals surface area contributed by atoms with Crippen LogP contribution in [0.3, 0.4) is 0 Å². The number of para-hydroxylation sites is 6. The molecule has 0 saturated heterocycles. The first-order valence-corrected chi connectivity index (χ1v) is 22.6. The molecule has 3 aliphatic rings. The zero-order valence-electron chi connectivity index (χ0n) is 35.4. The van der Waals surface area contributed by atoms with E-state index in [1.54, 1.807) is 0 Å². The molecular formula is C61H40N2O2. The van der Waals surface area contributed by atoms with E-state index in [4.69, 9.17) is 8.83 Å². The molecule has 0 radical (unpaired) electrons. The van der Waals surface area contributed by atoms with Gasteiger partial charge in [0.1, 0.15) is 22.3 Å². The van der Waals surface area contributed by atoms with Gasteiger partial charge in [0.15, 0.2) is 0 Å². The third-order valence-electron chi connectivity index (χ3n) is 14.1. The Hall–Kier alpha value is -8.34. The summed E-state index contributed by atoms with van der Waals surface area (Å²) in [4.78, 5) is 4.84. The Morgan fingerprint density at radius 1 is 0.415 bits per heavy atom. The first-order valence-electron chi connectivity index (χ1n) is 22.6. The molecule has 11 aromatic rings. The van der Waals surface area contributed by atoms with Gasteiger partial charge in [-0.05, 0) is 119 Å². The van der Waals surface area contributed by atoms with E-state index in [2.05, 4.69) is 228 Å². The Morgan fingerprint density at radius 3 is 1.31 bits per heavy atom. The van der Waals surface area contributed by atoms with Crippen molar-refractivity contribution in [2.75, 3.05) is 9.80 Å². The predicted molar refractivity (Wildman–Crippen MR) is 267 cm³/mol. The summed E-state index contributed by atoms with van der Waals surface area (Å²) >= 11 is 0. The zero-order valence-corrected chi connectivity index (χ0v) is 35.4.